The number of thioether (sulfide) groups is 2. The van der Waals surface area contributed by atoms with Crippen molar-refractivity contribution in [2.75, 3.05) is 30.4 Å². The predicted octanol–water partition coefficient (Wildman–Crippen LogP) is 0.703. The van der Waals surface area contributed by atoms with Crippen LogP contribution in [0.3, 0.4) is 0 Å². The molecule has 0 aliphatic carbocycles. The monoisotopic (exact) mass is 539 g/mol. The van der Waals surface area contributed by atoms with Crippen LogP contribution in [0.4, 0.5) is 5.82 Å². The van der Waals surface area contributed by atoms with E-state index in [1.807, 2.05) is 6.92 Å². The van der Waals surface area contributed by atoms with Gasteiger partial charge in [-0.1, -0.05) is 18.1 Å². The van der Waals surface area contributed by atoms with E-state index in [4.69, 9.17) is 15.3 Å². The summed E-state index contributed by atoms with van der Waals surface area (Å²) in [6.07, 6.45) is 0. The molecule has 4 N–H and O–H groups in total. The number of carbonyl (C=O) groups excluding carboxylic acids is 3. The van der Waals surface area contributed by atoms with Gasteiger partial charge in [-0.2, -0.15) is 0 Å². The Balaban J connectivity index is 1.72. The van der Waals surface area contributed by atoms with Crippen LogP contribution in [-0.4, -0.2) is 90.9 Å². The molecule has 0 bridgehead atoms. The van der Waals surface area contributed by atoms with Crippen LogP contribution in [0.15, 0.2) is 23.4 Å². The highest BCUT2D eigenvalue weighted by Crippen LogP contribution is 2.43. The first-order valence-electron chi connectivity index (χ1n) is 11.1. The van der Waals surface area contributed by atoms with Gasteiger partial charge in [0.05, 0.1) is 0 Å². The second kappa shape index (κ2) is 10.9. The number of carboxylic acid groups (broad SMARTS) is 1. The fourth-order valence-electron chi connectivity index (χ4n) is 3.62. The van der Waals surface area contributed by atoms with E-state index in [9.17, 15) is 24.3 Å². The van der Waals surface area contributed by atoms with Gasteiger partial charge in [-0.3, -0.25) is 14.4 Å². The normalized spacial score (nSPS) is 23.8. The summed E-state index contributed by atoms with van der Waals surface area (Å²) in [4.78, 5) is 60.4. The maximum Gasteiger partial charge on any atom is 0.347 e. The number of oxime groups is 1. The number of esters is 1. The number of amides is 2. The smallest absolute Gasteiger partial charge is 0.347 e. The molecule has 2 aliphatic heterocycles. The minimum Gasteiger partial charge on any atom is -0.480 e. The molecule has 14 heteroatoms. The first-order chi connectivity index (χ1) is 16.9. The summed E-state index contributed by atoms with van der Waals surface area (Å²) in [5.41, 5.74) is 4.82. The summed E-state index contributed by atoms with van der Waals surface area (Å²) in [7, 11) is 0. The van der Waals surface area contributed by atoms with E-state index < -0.39 is 52.1 Å². The highest BCUT2D eigenvalue weighted by molar-refractivity contribution is 8.05. The Morgan fingerprint density at radius 2 is 2.11 bits per heavy atom. The zero-order chi connectivity index (χ0) is 26.7. The lowest BCUT2D eigenvalue weighted by Gasteiger charge is -2.53. The van der Waals surface area contributed by atoms with E-state index >= 15 is 0 Å². The number of nitrogen functional groups attached to an aromatic ring is 1. The molecule has 0 spiro atoms. The van der Waals surface area contributed by atoms with E-state index in [0.29, 0.717) is 11.5 Å². The van der Waals surface area contributed by atoms with Crippen molar-refractivity contribution in [2.24, 2.45) is 5.16 Å². The molecule has 0 aromatic carbocycles. The van der Waals surface area contributed by atoms with Gasteiger partial charge in [-0.05, 0) is 38.7 Å². The number of pyridine rings is 1. The van der Waals surface area contributed by atoms with E-state index in [-0.39, 0.29) is 23.8 Å². The average molecular weight is 540 g/mol. The van der Waals surface area contributed by atoms with Crippen molar-refractivity contribution in [3.8, 4) is 0 Å². The third kappa shape index (κ3) is 6.22. The highest BCUT2D eigenvalue weighted by Gasteiger charge is 2.57. The minimum absolute atomic E-state index is 0.0560. The number of anilines is 1. The molecule has 2 amide bonds. The zero-order valence-corrected chi connectivity index (χ0v) is 22.0. The number of carboxylic acids is 1. The minimum atomic E-state index is -1.09. The van der Waals surface area contributed by atoms with Gasteiger partial charge in [0.15, 0.2) is 5.71 Å². The van der Waals surface area contributed by atoms with Gasteiger partial charge in [0.2, 0.25) is 12.5 Å². The van der Waals surface area contributed by atoms with Crippen molar-refractivity contribution in [3.05, 3.63) is 23.9 Å². The number of rotatable bonds is 9. The van der Waals surface area contributed by atoms with Crippen LogP contribution in [0.5, 0.6) is 0 Å². The Labute approximate surface area is 216 Å². The lowest BCUT2D eigenvalue weighted by atomic mass is 10.0. The molecule has 1 aromatic rings. The quantitative estimate of drug-likeness (QED) is 0.174. The number of ether oxygens (including phenoxy) is 1. The van der Waals surface area contributed by atoms with E-state index in [1.54, 1.807) is 26.8 Å². The summed E-state index contributed by atoms with van der Waals surface area (Å²) in [6.45, 7) is 6.48. The number of nitrogens with two attached hydrogens (primary N) is 1. The lowest BCUT2D eigenvalue weighted by molar-refractivity contribution is -0.160. The molecule has 2 fully saturated rings. The van der Waals surface area contributed by atoms with Crippen LogP contribution in [0.1, 0.15) is 33.4 Å². The Bertz CT molecular complexity index is 1080. The Kier molecular flexibility index (Phi) is 8.39. The average Bonchev–Trinajstić information content (AvgIpc) is 2.79. The van der Waals surface area contributed by atoms with Gasteiger partial charge in [-0.25, -0.2) is 9.78 Å². The van der Waals surface area contributed by atoms with Crippen molar-refractivity contribution in [2.45, 2.75) is 49.5 Å². The number of hydrogen-bond acceptors (Lipinski definition) is 11. The number of fused-ring (bicyclic) bond motifs is 1. The largest absolute Gasteiger partial charge is 0.480 e. The van der Waals surface area contributed by atoms with Crippen molar-refractivity contribution in [1.82, 2.24) is 15.2 Å². The van der Waals surface area contributed by atoms with Crippen molar-refractivity contribution in [1.29, 1.82) is 0 Å². The molecular formula is C22H29N5O7S2. The predicted molar refractivity (Wildman–Crippen MR) is 135 cm³/mol. The molecule has 3 heterocycles. The molecule has 36 heavy (non-hydrogen) atoms. The molecule has 3 rings (SSSR count). The second-order valence-electron chi connectivity index (χ2n) is 9.10. The molecule has 196 valence electrons. The summed E-state index contributed by atoms with van der Waals surface area (Å²) in [6, 6.07) is 3.70. The summed E-state index contributed by atoms with van der Waals surface area (Å²) < 4.78 is 4.07. The fourth-order valence-corrected chi connectivity index (χ4v) is 6.46. The highest BCUT2D eigenvalue weighted by atomic mass is 32.2. The summed E-state index contributed by atoms with van der Waals surface area (Å²) in [5, 5.41) is 15.7. The van der Waals surface area contributed by atoms with Gasteiger partial charge < -0.3 is 30.6 Å². The van der Waals surface area contributed by atoms with Crippen molar-refractivity contribution in [3.63, 3.8) is 0 Å². The Morgan fingerprint density at radius 1 is 1.39 bits per heavy atom. The maximum absolute atomic E-state index is 13.1. The first-order valence-corrected chi connectivity index (χ1v) is 13.2. The molecule has 2 unspecified atom stereocenters. The third-order valence-corrected chi connectivity index (χ3v) is 8.14. The van der Waals surface area contributed by atoms with Gasteiger partial charge in [0, 0.05) is 12.3 Å². The second-order valence-corrected chi connectivity index (χ2v) is 11.9. The number of hydrogen-bond donors (Lipinski definition) is 3. The topological polar surface area (TPSA) is 174 Å². The van der Waals surface area contributed by atoms with Crippen LogP contribution in [0, 0.1) is 0 Å². The van der Waals surface area contributed by atoms with Crippen LogP contribution in [0.25, 0.3) is 0 Å². The molecular weight excluding hydrogens is 510 g/mol. The van der Waals surface area contributed by atoms with Crippen molar-refractivity contribution < 1.29 is 33.9 Å². The van der Waals surface area contributed by atoms with Gasteiger partial charge in [0.1, 0.15) is 33.3 Å². The molecule has 12 nitrogen and oxygen atoms in total. The zero-order valence-electron chi connectivity index (χ0n) is 20.3. The number of aromatic nitrogens is 1. The molecule has 0 saturated carbocycles. The summed E-state index contributed by atoms with van der Waals surface area (Å²) >= 11 is 2.59. The van der Waals surface area contributed by atoms with E-state index in [2.05, 4.69) is 15.5 Å². The number of nitrogens with zero attached hydrogens (tertiary/aromatic N) is 3. The van der Waals surface area contributed by atoms with Crippen LogP contribution in [-0.2, 0) is 28.8 Å². The van der Waals surface area contributed by atoms with Crippen molar-refractivity contribution >= 4 is 58.8 Å². The van der Waals surface area contributed by atoms with Gasteiger partial charge >= 0.3 is 11.9 Å². The molecule has 1 aromatic heterocycles. The SMILES string of the molecule is CCSC1(C(=O)O)CS[C@@H]2C(NC(=O)C(=NOCC(=O)OC(C)(C)C)c3cccc(N)n3)C(=O)N2C1. The van der Waals surface area contributed by atoms with Crippen LogP contribution in [0.2, 0.25) is 0 Å². The van der Waals surface area contributed by atoms with Crippen LogP contribution < -0.4 is 11.1 Å². The Morgan fingerprint density at radius 3 is 2.72 bits per heavy atom. The first kappa shape index (κ1) is 27.6. The van der Waals surface area contributed by atoms with E-state index in [1.165, 1.54) is 40.6 Å². The summed E-state index contributed by atoms with van der Waals surface area (Å²) in [5.74, 6) is -1.78. The molecule has 2 saturated heterocycles. The number of β-lactam (4-membered cyclic amide) rings is 1. The van der Waals surface area contributed by atoms with Crippen LogP contribution >= 0.6 is 23.5 Å². The van der Waals surface area contributed by atoms with E-state index in [0.717, 1.165) is 0 Å². The molecule has 0 radical (unpaired) electrons. The molecule has 2 aliphatic rings. The lowest BCUT2D eigenvalue weighted by Crippen LogP contribution is -2.74. The molecule has 3 atom stereocenters. The number of carbonyl (C=O) groups is 4. The maximum atomic E-state index is 13.1. The van der Waals surface area contributed by atoms with Gasteiger partial charge in [0.25, 0.3) is 5.91 Å². The Hall–Kier alpha value is -3.00. The van der Waals surface area contributed by atoms with Gasteiger partial charge in [-0.15, -0.1) is 23.5 Å². The number of aliphatic carboxylic acids is 1. The number of nitrogens with one attached hydrogen (secondary N) is 1. The standard InChI is InChI=1S/C22H29N5O7S2/c1-5-36-22(20(31)32)10-27-18(30)16(19(27)35-11-22)25-17(29)15(12-7-6-8-13(23)24-12)26-33-9-14(28)34-21(2,3)4/h6-8,16,19H,5,9-11H2,1-4H3,(H2,23,24)(H,25,29)(H,31,32)/t16?,19-,22?/m1/s1. The fraction of sp³-hybridized carbons (Fsp3) is 0.545. The third-order valence-electron chi connectivity index (χ3n) is 5.14.